The topological polar surface area (TPSA) is 21.9 Å². The van der Waals surface area contributed by atoms with E-state index in [-0.39, 0.29) is 5.41 Å². The first-order valence-electron chi connectivity index (χ1n) is 20.1. The lowest BCUT2D eigenvalue weighted by atomic mass is 9.71. The highest BCUT2D eigenvalue weighted by Crippen LogP contribution is 2.44. The van der Waals surface area contributed by atoms with Gasteiger partial charge in [0.05, 0.1) is 7.05 Å². The summed E-state index contributed by atoms with van der Waals surface area (Å²) < 4.78 is 20.7. The number of aryl methyl sites for hydroxylation is 2. The zero-order valence-corrected chi connectivity index (χ0v) is 32.8. The molecule has 0 bridgehead atoms. The lowest BCUT2D eigenvalue weighted by Gasteiger charge is -2.34. The van der Waals surface area contributed by atoms with Crippen LogP contribution in [0.5, 0.6) is 0 Å². The molecule has 0 saturated heterocycles. The van der Waals surface area contributed by atoms with Crippen molar-refractivity contribution in [3.05, 3.63) is 144 Å². The molecule has 3 nitrogen and oxygen atoms in total. The highest BCUT2D eigenvalue weighted by molar-refractivity contribution is 6.09. The maximum atomic E-state index is 9.22. The summed E-state index contributed by atoms with van der Waals surface area (Å²) >= 11 is 0. The van der Waals surface area contributed by atoms with Gasteiger partial charge in [0.1, 0.15) is 16.8 Å². The summed E-state index contributed by atoms with van der Waals surface area (Å²) in [6, 6.07) is 46.3. The Kier molecular flexibility index (Phi) is 7.91. The molecule has 2 aromatic heterocycles. The van der Waals surface area contributed by atoms with Gasteiger partial charge in [-0.05, 0) is 113 Å². The van der Waals surface area contributed by atoms with Crippen molar-refractivity contribution in [3.63, 3.8) is 0 Å². The average Bonchev–Trinajstić information content (AvgIpc) is 3.70. The molecule has 270 valence electrons. The van der Waals surface area contributed by atoms with Gasteiger partial charge in [0.25, 0.3) is 5.82 Å². The summed E-state index contributed by atoms with van der Waals surface area (Å²) in [6.07, 6.45) is 4.08. The first kappa shape index (κ1) is 33.2. The van der Waals surface area contributed by atoms with Crippen molar-refractivity contribution in [3.8, 4) is 39.3 Å². The van der Waals surface area contributed by atoms with Crippen LogP contribution in [-0.4, -0.2) is 4.57 Å². The van der Waals surface area contributed by atoms with Gasteiger partial charge in [-0.25, -0.2) is 4.57 Å². The monoisotopic (exact) mass is 708 g/mol. The Bertz CT molecular complexity index is 2730. The van der Waals surface area contributed by atoms with E-state index in [0.29, 0.717) is 5.41 Å². The second-order valence-corrected chi connectivity index (χ2v) is 17.3. The minimum absolute atomic E-state index is 0.141. The van der Waals surface area contributed by atoms with Crippen LogP contribution in [-0.2, 0) is 12.5 Å². The third kappa shape index (κ3) is 5.86. The summed E-state index contributed by atoms with van der Waals surface area (Å²) in [6.45, 7) is 13.8. The molecule has 1 aliphatic rings. The van der Waals surface area contributed by atoms with Crippen LogP contribution in [0.25, 0.3) is 72.3 Å². The number of nitrogens with zero attached hydrogens (tertiary/aromatic N) is 2. The van der Waals surface area contributed by atoms with Crippen LogP contribution < -0.4 is 4.57 Å². The third-order valence-electron chi connectivity index (χ3n) is 12.1. The van der Waals surface area contributed by atoms with E-state index in [1.807, 2.05) is 6.07 Å². The van der Waals surface area contributed by atoms with Crippen LogP contribution in [0.15, 0.2) is 132 Å². The minimum atomic E-state index is -0.473. The highest BCUT2D eigenvalue weighted by atomic mass is 16.3. The molecular formula is C51H51N2O+. The summed E-state index contributed by atoms with van der Waals surface area (Å²) in [5, 5.41) is 2.27. The van der Waals surface area contributed by atoms with Gasteiger partial charge in [0.2, 0.25) is 0 Å². The molecule has 2 heterocycles. The normalized spacial score (nSPS) is 15.9. The number of hydrogen-bond donors (Lipinski definition) is 0. The number of benzene rings is 6. The molecule has 0 unspecified atom stereocenters. The Balaban J connectivity index is 1.12. The Labute approximate surface area is 321 Å². The molecule has 3 heteroatoms. The van der Waals surface area contributed by atoms with Crippen molar-refractivity contribution in [2.75, 3.05) is 0 Å². The first-order valence-corrected chi connectivity index (χ1v) is 19.6. The number of imidazole rings is 1. The third-order valence-corrected chi connectivity index (χ3v) is 12.1. The van der Waals surface area contributed by atoms with E-state index in [1.54, 1.807) is 0 Å². The van der Waals surface area contributed by atoms with Crippen LogP contribution >= 0.6 is 0 Å². The number of fused-ring (bicyclic) bond motifs is 4. The fourth-order valence-electron chi connectivity index (χ4n) is 8.79. The maximum absolute atomic E-state index is 9.22. The van der Waals surface area contributed by atoms with Crippen molar-refractivity contribution >= 4 is 33.0 Å². The maximum Gasteiger partial charge on any atom is 0.298 e. The quantitative estimate of drug-likeness (QED) is 0.163. The summed E-state index contributed by atoms with van der Waals surface area (Å²) in [7, 11) is 2.18. The molecule has 1 fully saturated rings. The number of hydrogen-bond acceptors (Lipinski definition) is 1. The number of rotatable bonds is 5. The molecule has 0 N–H and O–H groups in total. The standard InChI is InChI=1S/C51H51N2O/c1-33-16-26-41-40-12-8-11-15-46(40)54-48(41)47(33)49-52(7)44-13-9-10-14-45(44)53(49)43-27-25-39(32-42(43)50(2,3)4)37-23-21-35(22-24-37)34-17-19-36(20-18-34)38-28-30-51(5,6)31-29-38/h8-27,32,38H,28-31H2,1-7H3/q+1/i38D. The average molecular weight is 709 g/mol. The van der Waals surface area contributed by atoms with E-state index in [4.69, 9.17) is 4.42 Å². The fraction of sp³-hybridized carbons (Fsp3) is 0.275. The fourth-order valence-corrected chi connectivity index (χ4v) is 8.79. The zero-order chi connectivity index (χ0) is 38.3. The SMILES string of the molecule is [2H]C1(c2ccc(-c3ccc(-c4ccc(-n5c(-c6c(C)ccc7c6oc6ccccc67)[n+](C)c6ccccc65)c(C(C)(C)C)c4)cc3)cc2)CCC(C)(C)CC1. The summed E-state index contributed by atoms with van der Waals surface area (Å²) in [4.78, 5) is 0. The van der Waals surface area contributed by atoms with E-state index >= 15 is 0 Å². The predicted molar refractivity (Wildman–Crippen MR) is 226 cm³/mol. The first-order chi connectivity index (χ1) is 26.3. The van der Waals surface area contributed by atoms with Crippen LogP contribution in [0.3, 0.4) is 0 Å². The van der Waals surface area contributed by atoms with Crippen LogP contribution in [0, 0.1) is 12.3 Å². The highest BCUT2D eigenvalue weighted by Gasteiger charge is 2.33. The van der Waals surface area contributed by atoms with Crippen molar-refractivity contribution in [1.82, 2.24) is 4.57 Å². The Morgan fingerprint density at radius 2 is 1.33 bits per heavy atom. The van der Waals surface area contributed by atoms with Crippen LogP contribution in [0.4, 0.5) is 0 Å². The Morgan fingerprint density at radius 3 is 2.04 bits per heavy atom. The summed E-state index contributed by atoms with van der Waals surface area (Å²) in [5.74, 6) is 0.625. The molecule has 0 radical (unpaired) electrons. The molecule has 1 aliphatic carbocycles. The lowest BCUT2D eigenvalue weighted by molar-refractivity contribution is -0.633. The molecule has 1 saturated carbocycles. The lowest BCUT2D eigenvalue weighted by Crippen LogP contribution is -2.30. The zero-order valence-electron chi connectivity index (χ0n) is 33.8. The molecule has 8 aromatic rings. The van der Waals surface area contributed by atoms with Crippen molar-refractivity contribution in [2.45, 2.75) is 78.5 Å². The predicted octanol–water partition coefficient (Wildman–Crippen LogP) is 13.6. The summed E-state index contributed by atoms with van der Waals surface area (Å²) in [5.41, 5.74) is 15.0. The van der Waals surface area contributed by atoms with Gasteiger partial charge in [-0.15, -0.1) is 0 Å². The van der Waals surface area contributed by atoms with Crippen molar-refractivity contribution in [1.29, 1.82) is 0 Å². The van der Waals surface area contributed by atoms with E-state index in [1.165, 1.54) is 39.1 Å². The smallest absolute Gasteiger partial charge is 0.298 e. The van der Waals surface area contributed by atoms with Gasteiger partial charge in [0, 0.05) is 17.7 Å². The van der Waals surface area contributed by atoms with E-state index in [0.717, 1.165) is 75.6 Å². The molecule has 0 spiro atoms. The Morgan fingerprint density at radius 1 is 0.722 bits per heavy atom. The van der Waals surface area contributed by atoms with Crippen molar-refractivity contribution < 1.29 is 10.4 Å². The van der Waals surface area contributed by atoms with Crippen molar-refractivity contribution in [2.24, 2.45) is 12.5 Å². The van der Waals surface area contributed by atoms with Gasteiger partial charge >= 0.3 is 0 Å². The molecule has 0 aliphatic heterocycles. The number of aromatic nitrogens is 2. The molecular weight excluding hydrogens is 657 g/mol. The van der Waals surface area contributed by atoms with E-state index in [9.17, 15) is 1.37 Å². The Hall–Kier alpha value is -5.41. The van der Waals surface area contributed by atoms with Gasteiger partial charge in [-0.2, -0.15) is 4.57 Å². The van der Waals surface area contributed by atoms with Gasteiger partial charge < -0.3 is 4.42 Å². The van der Waals surface area contributed by atoms with E-state index < -0.39 is 5.89 Å². The number of para-hydroxylation sites is 3. The number of furan rings is 1. The second kappa shape index (κ2) is 12.9. The minimum Gasteiger partial charge on any atom is -0.455 e. The molecule has 0 atom stereocenters. The van der Waals surface area contributed by atoms with Gasteiger partial charge in [-0.1, -0.05) is 132 Å². The largest absolute Gasteiger partial charge is 0.455 e. The molecule has 6 aromatic carbocycles. The van der Waals surface area contributed by atoms with Gasteiger partial charge in [0.15, 0.2) is 16.6 Å². The molecule has 54 heavy (non-hydrogen) atoms. The molecule has 0 amide bonds. The second-order valence-electron chi connectivity index (χ2n) is 17.3. The van der Waals surface area contributed by atoms with E-state index in [2.05, 4.69) is 179 Å². The molecule has 9 rings (SSSR count). The van der Waals surface area contributed by atoms with Crippen LogP contribution in [0.1, 0.15) is 84.3 Å². The van der Waals surface area contributed by atoms with Crippen LogP contribution in [0.2, 0.25) is 0 Å². The van der Waals surface area contributed by atoms with Gasteiger partial charge in [-0.3, -0.25) is 0 Å².